The van der Waals surface area contributed by atoms with Crippen LogP contribution < -0.4 is 0 Å². The lowest BCUT2D eigenvalue weighted by atomic mass is 9.86. The van der Waals surface area contributed by atoms with Crippen LogP contribution in [0.25, 0.3) is 0 Å². The molecule has 1 N–H and O–H groups in total. The van der Waals surface area contributed by atoms with Crippen molar-refractivity contribution < 1.29 is 5.11 Å². The van der Waals surface area contributed by atoms with Gasteiger partial charge >= 0.3 is 0 Å². The maximum absolute atomic E-state index is 9.77. The van der Waals surface area contributed by atoms with Crippen molar-refractivity contribution in [2.24, 2.45) is 23.7 Å². The van der Waals surface area contributed by atoms with E-state index >= 15 is 0 Å². The highest BCUT2D eigenvalue weighted by atomic mass is 16.3. The SMILES string of the molecule is OC1[C@H]2C=C[C@@H]1[C@@H]1CCC[C@@H]12. The average Bonchev–Trinajstić information content (AvgIpc) is 2.61. The summed E-state index contributed by atoms with van der Waals surface area (Å²) in [5, 5.41) is 9.77. The highest BCUT2D eigenvalue weighted by Gasteiger charge is 2.52. The molecule has 0 aromatic heterocycles. The second kappa shape index (κ2) is 1.89. The van der Waals surface area contributed by atoms with Crippen molar-refractivity contribution in [1.29, 1.82) is 0 Å². The van der Waals surface area contributed by atoms with Gasteiger partial charge in [-0.25, -0.2) is 0 Å². The van der Waals surface area contributed by atoms with E-state index in [1.54, 1.807) is 0 Å². The zero-order valence-corrected chi connectivity index (χ0v) is 6.61. The zero-order chi connectivity index (χ0) is 7.42. The summed E-state index contributed by atoms with van der Waals surface area (Å²) >= 11 is 0. The fourth-order valence-electron chi connectivity index (χ4n) is 3.51. The molecule has 3 aliphatic rings. The predicted molar refractivity (Wildman–Crippen MR) is 43.0 cm³/mol. The normalized spacial score (nSPS) is 58.8. The number of aliphatic hydroxyl groups is 1. The van der Waals surface area contributed by atoms with Gasteiger partial charge in [0.1, 0.15) is 0 Å². The number of rotatable bonds is 0. The molecule has 2 bridgehead atoms. The Labute approximate surface area is 67.1 Å². The Hall–Kier alpha value is -0.300. The molecular formula is C10H14O. The van der Waals surface area contributed by atoms with Crippen LogP contribution in [0.15, 0.2) is 12.2 Å². The Morgan fingerprint density at radius 1 is 1.00 bits per heavy atom. The van der Waals surface area contributed by atoms with Crippen LogP contribution in [0.2, 0.25) is 0 Å². The molecule has 5 atom stereocenters. The minimum atomic E-state index is -0.00898. The fourth-order valence-corrected chi connectivity index (χ4v) is 3.51. The van der Waals surface area contributed by atoms with E-state index in [1.165, 1.54) is 19.3 Å². The van der Waals surface area contributed by atoms with E-state index in [1.807, 2.05) is 0 Å². The van der Waals surface area contributed by atoms with E-state index in [0.717, 1.165) is 11.8 Å². The van der Waals surface area contributed by atoms with Crippen LogP contribution in [0.1, 0.15) is 19.3 Å². The molecule has 0 saturated heterocycles. The molecule has 3 rings (SSSR count). The summed E-state index contributed by atoms with van der Waals surface area (Å²) in [5.74, 6) is 2.76. The van der Waals surface area contributed by atoms with Crippen molar-refractivity contribution >= 4 is 0 Å². The third-order valence-corrected chi connectivity index (χ3v) is 3.96. The van der Waals surface area contributed by atoms with E-state index in [0.29, 0.717) is 11.8 Å². The Balaban J connectivity index is 1.99. The van der Waals surface area contributed by atoms with E-state index in [9.17, 15) is 5.11 Å². The van der Waals surface area contributed by atoms with Crippen molar-refractivity contribution in [1.82, 2.24) is 0 Å². The molecule has 0 radical (unpaired) electrons. The highest BCUT2D eigenvalue weighted by Crippen LogP contribution is 2.55. The minimum absolute atomic E-state index is 0.00898. The van der Waals surface area contributed by atoms with Crippen molar-refractivity contribution in [2.75, 3.05) is 0 Å². The van der Waals surface area contributed by atoms with Gasteiger partial charge in [-0.1, -0.05) is 18.6 Å². The van der Waals surface area contributed by atoms with Crippen LogP contribution in [0.5, 0.6) is 0 Å². The molecule has 60 valence electrons. The van der Waals surface area contributed by atoms with E-state index in [4.69, 9.17) is 0 Å². The van der Waals surface area contributed by atoms with E-state index < -0.39 is 0 Å². The molecular weight excluding hydrogens is 136 g/mol. The van der Waals surface area contributed by atoms with Gasteiger partial charge in [-0.05, 0) is 24.7 Å². The lowest BCUT2D eigenvalue weighted by Gasteiger charge is -2.18. The maximum Gasteiger partial charge on any atom is 0.0670 e. The fraction of sp³-hybridized carbons (Fsp3) is 0.800. The van der Waals surface area contributed by atoms with Crippen LogP contribution >= 0.6 is 0 Å². The van der Waals surface area contributed by atoms with Gasteiger partial charge in [0.05, 0.1) is 6.10 Å². The number of aliphatic hydroxyl groups excluding tert-OH is 1. The smallest absolute Gasteiger partial charge is 0.0670 e. The van der Waals surface area contributed by atoms with Crippen molar-refractivity contribution in [3.05, 3.63) is 12.2 Å². The third-order valence-electron chi connectivity index (χ3n) is 3.96. The first-order valence-electron chi connectivity index (χ1n) is 4.74. The van der Waals surface area contributed by atoms with Crippen molar-refractivity contribution in [3.63, 3.8) is 0 Å². The summed E-state index contributed by atoms with van der Waals surface area (Å²) in [6, 6.07) is 0. The zero-order valence-electron chi connectivity index (χ0n) is 6.61. The monoisotopic (exact) mass is 150 g/mol. The Morgan fingerprint density at radius 3 is 2.09 bits per heavy atom. The van der Waals surface area contributed by atoms with Gasteiger partial charge in [-0.15, -0.1) is 0 Å². The first kappa shape index (κ1) is 6.24. The van der Waals surface area contributed by atoms with Gasteiger partial charge in [0, 0.05) is 11.8 Å². The summed E-state index contributed by atoms with van der Waals surface area (Å²) < 4.78 is 0. The molecule has 0 aliphatic heterocycles. The molecule has 0 aromatic carbocycles. The van der Waals surface area contributed by atoms with Crippen molar-refractivity contribution in [3.8, 4) is 0 Å². The quantitative estimate of drug-likeness (QED) is 0.520. The second-order valence-electron chi connectivity index (χ2n) is 4.29. The molecule has 2 saturated carbocycles. The number of fused-ring (bicyclic) bond motifs is 5. The molecule has 0 spiro atoms. The molecule has 0 aromatic rings. The summed E-state index contributed by atoms with van der Waals surface area (Å²) in [4.78, 5) is 0. The number of hydrogen-bond acceptors (Lipinski definition) is 1. The maximum atomic E-state index is 9.77. The van der Waals surface area contributed by atoms with Crippen LogP contribution in [0.3, 0.4) is 0 Å². The van der Waals surface area contributed by atoms with Gasteiger partial charge in [-0.3, -0.25) is 0 Å². The van der Waals surface area contributed by atoms with Crippen LogP contribution in [-0.4, -0.2) is 11.2 Å². The topological polar surface area (TPSA) is 20.2 Å². The average molecular weight is 150 g/mol. The first-order chi connectivity index (χ1) is 5.38. The molecule has 1 unspecified atom stereocenters. The van der Waals surface area contributed by atoms with E-state index in [-0.39, 0.29) is 6.10 Å². The Kier molecular flexibility index (Phi) is 1.07. The Bertz CT molecular complexity index is 189. The summed E-state index contributed by atoms with van der Waals surface area (Å²) in [6.07, 6.45) is 8.63. The molecule has 1 nitrogen and oxygen atoms in total. The van der Waals surface area contributed by atoms with Crippen molar-refractivity contribution in [2.45, 2.75) is 25.4 Å². The number of hydrogen-bond donors (Lipinski definition) is 1. The molecule has 1 heteroatoms. The molecule has 3 aliphatic carbocycles. The van der Waals surface area contributed by atoms with Crippen LogP contribution in [-0.2, 0) is 0 Å². The standard InChI is InChI=1S/C10H14O/c11-10-8-4-5-9(10)7-3-1-2-6(7)8/h4-11H,1-3H2/t6-,7+,8-,9+,10?. The lowest BCUT2D eigenvalue weighted by molar-refractivity contribution is 0.123. The van der Waals surface area contributed by atoms with Gasteiger partial charge < -0.3 is 5.11 Å². The van der Waals surface area contributed by atoms with Gasteiger partial charge in [0.2, 0.25) is 0 Å². The van der Waals surface area contributed by atoms with Gasteiger partial charge in [0.15, 0.2) is 0 Å². The van der Waals surface area contributed by atoms with Gasteiger partial charge in [-0.2, -0.15) is 0 Å². The van der Waals surface area contributed by atoms with Gasteiger partial charge in [0.25, 0.3) is 0 Å². The molecule has 11 heavy (non-hydrogen) atoms. The predicted octanol–water partition coefficient (Wildman–Crippen LogP) is 1.58. The van der Waals surface area contributed by atoms with Crippen LogP contribution in [0, 0.1) is 23.7 Å². The third kappa shape index (κ3) is 0.610. The lowest BCUT2D eigenvalue weighted by Crippen LogP contribution is -2.15. The molecule has 2 fully saturated rings. The Morgan fingerprint density at radius 2 is 1.55 bits per heavy atom. The summed E-state index contributed by atoms with van der Waals surface area (Å²) in [5.41, 5.74) is 0. The van der Waals surface area contributed by atoms with Crippen LogP contribution in [0.4, 0.5) is 0 Å². The summed E-state index contributed by atoms with van der Waals surface area (Å²) in [7, 11) is 0. The second-order valence-corrected chi connectivity index (χ2v) is 4.29. The molecule has 0 heterocycles. The minimum Gasteiger partial charge on any atom is -0.392 e. The molecule has 0 amide bonds. The summed E-state index contributed by atoms with van der Waals surface area (Å²) in [6.45, 7) is 0. The largest absolute Gasteiger partial charge is 0.392 e. The highest BCUT2D eigenvalue weighted by molar-refractivity contribution is 5.19. The first-order valence-corrected chi connectivity index (χ1v) is 4.74. The van der Waals surface area contributed by atoms with E-state index in [2.05, 4.69) is 12.2 Å².